The van der Waals surface area contributed by atoms with Crippen LogP contribution in [0.15, 0.2) is 30.3 Å². The maximum Gasteiger partial charge on any atom is 0.158 e. The van der Waals surface area contributed by atoms with Gasteiger partial charge in [-0.2, -0.15) is 0 Å². The Morgan fingerprint density at radius 1 is 0.952 bits per heavy atom. The quantitative estimate of drug-likeness (QED) is 0.509. The van der Waals surface area contributed by atoms with E-state index in [0.717, 1.165) is 12.0 Å². The summed E-state index contributed by atoms with van der Waals surface area (Å²) in [4.78, 5) is 10.9. The molecule has 0 aliphatic rings. The topological polar surface area (TPSA) is 38.7 Å². The lowest BCUT2D eigenvalue weighted by Gasteiger charge is -2.27. The smallest absolute Gasteiger partial charge is 0.158 e. The lowest BCUT2D eigenvalue weighted by atomic mass is 9.95. The molecule has 116 valence electrons. The highest BCUT2D eigenvalue weighted by molar-refractivity contribution is 5.31. The minimum Gasteiger partial charge on any atom is -0.374 e. The molecule has 1 N–H and O–H groups in total. The summed E-state index contributed by atoms with van der Waals surface area (Å²) >= 11 is 0. The average molecular weight is 290 g/mol. The van der Waals surface area contributed by atoms with Gasteiger partial charge in [-0.05, 0) is 46.6 Å². The molecular weight excluding hydrogens is 264 g/mol. The summed E-state index contributed by atoms with van der Waals surface area (Å²) in [5.41, 5.74) is -1.63. The van der Waals surface area contributed by atoms with E-state index in [9.17, 15) is 5.11 Å². The average Bonchev–Trinajstić information content (AvgIpc) is 2.45. The van der Waals surface area contributed by atoms with Crippen molar-refractivity contribution in [2.24, 2.45) is 0 Å². The molecule has 0 aromatic heterocycles. The Morgan fingerprint density at radius 2 is 1.52 bits per heavy atom. The van der Waals surface area contributed by atoms with E-state index in [1.165, 1.54) is 0 Å². The maximum absolute atomic E-state index is 10.5. The van der Waals surface area contributed by atoms with Gasteiger partial charge in [0, 0.05) is 0 Å². The highest BCUT2D eigenvalue weighted by atomic mass is 17.2. The minimum atomic E-state index is -1.22. The summed E-state index contributed by atoms with van der Waals surface area (Å²) in [5, 5.41) is 10.5. The van der Waals surface area contributed by atoms with Crippen LogP contribution in [0, 0.1) is 11.8 Å². The first-order valence-corrected chi connectivity index (χ1v) is 7.27. The third-order valence-electron chi connectivity index (χ3n) is 3.27. The van der Waals surface area contributed by atoms with Crippen LogP contribution < -0.4 is 0 Å². The first-order valence-electron chi connectivity index (χ1n) is 7.27. The van der Waals surface area contributed by atoms with Gasteiger partial charge in [0.15, 0.2) is 5.60 Å². The van der Waals surface area contributed by atoms with Crippen LogP contribution in [0.1, 0.15) is 53.5 Å². The maximum atomic E-state index is 10.5. The summed E-state index contributed by atoms with van der Waals surface area (Å²) < 4.78 is 0. The van der Waals surface area contributed by atoms with Gasteiger partial charge in [0.25, 0.3) is 0 Å². The SMILES string of the molecule is CCC(C)(C)OOC(C)(C)C#CC(C)(O)c1ccccc1. The zero-order chi connectivity index (χ0) is 16.1. The van der Waals surface area contributed by atoms with Crippen molar-refractivity contribution in [1.82, 2.24) is 0 Å². The number of hydrogen-bond acceptors (Lipinski definition) is 3. The van der Waals surface area contributed by atoms with E-state index in [1.807, 2.05) is 65.0 Å². The fourth-order valence-electron chi connectivity index (χ4n) is 1.40. The van der Waals surface area contributed by atoms with Crippen molar-refractivity contribution in [3.05, 3.63) is 35.9 Å². The largest absolute Gasteiger partial charge is 0.374 e. The molecule has 3 heteroatoms. The van der Waals surface area contributed by atoms with Crippen LogP contribution in [0.5, 0.6) is 0 Å². The van der Waals surface area contributed by atoms with Gasteiger partial charge in [-0.1, -0.05) is 49.1 Å². The van der Waals surface area contributed by atoms with Gasteiger partial charge in [0.2, 0.25) is 0 Å². The van der Waals surface area contributed by atoms with Crippen LogP contribution in [0.4, 0.5) is 0 Å². The number of aliphatic hydroxyl groups is 1. The molecule has 0 aliphatic carbocycles. The predicted octanol–water partition coefficient (Wildman–Crippen LogP) is 3.81. The van der Waals surface area contributed by atoms with Crippen molar-refractivity contribution in [3.63, 3.8) is 0 Å². The molecule has 0 bridgehead atoms. The summed E-state index contributed by atoms with van der Waals surface area (Å²) in [5.74, 6) is 5.82. The molecule has 1 aromatic carbocycles. The van der Waals surface area contributed by atoms with Gasteiger partial charge in [-0.25, -0.2) is 9.78 Å². The Hall–Kier alpha value is -1.34. The predicted molar refractivity (Wildman–Crippen MR) is 84.4 cm³/mol. The standard InChI is InChI=1S/C18H26O3/c1-7-16(2,3)20-21-17(4,5)13-14-18(6,19)15-11-9-8-10-12-15/h8-12,19H,7H2,1-6H3. The molecule has 0 fully saturated rings. The highest BCUT2D eigenvalue weighted by Gasteiger charge is 2.25. The van der Waals surface area contributed by atoms with Crippen molar-refractivity contribution in [2.45, 2.75) is 64.8 Å². The van der Waals surface area contributed by atoms with Gasteiger partial charge in [0.05, 0.1) is 5.60 Å². The molecule has 21 heavy (non-hydrogen) atoms. The molecule has 1 rings (SSSR count). The van der Waals surface area contributed by atoms with Crippen LogP contribution in [0.3, 0.4) is 0 Å². The van der Waals surface area contributed by atoms with Crippen molar-refractivity contribution in [2.75, 3.05) is 0 Å². The van der Waals surface area contributed by atoms with Crippen LogP contribution in [0.2, 0.25) is 0 Å². The fraction of sp³-hybridized carbons (Fsp3) is 0.556. The monoisotopic (exact) mass is 290 g/mol. The van der Waals surface area contributed by atoms with Crippen LogP contribution in [0.25, 0.3) is 0 Å². The first-order chi connectivity index (χ1) is 9.58. The van der Waals surface area contributed by atoms with Gasteiger partial charge >= 0.3 is 0 Å². The zero-order valence-corrected chi connectivity index (χ0v) is 13.9. The fourth-order valence-corrected chi connectivity index (χ4v) is 1.40. The third kappa shape index (κ3) is 5.89. The van der Waals surface area contributed by atoms with E-state index in [4.69, 9.17) is 9.78 Å². The normalized spacial score (nSPS) is 15.0. The van der Waals surface area contributed by atoms with Gasteiger partial charge in [-0.3, -0.25) is 0 Å². The van der Waals surface area contributed by atoms with Gasteiger partial charge < -0.3 is 5.11 Å². The van der Waals surface area contributed by atoms with Gasteiger partial charge in [-0.15, -0.1) is 0 Å². The molecule has 3 nitrogen and oxygen atoms in total. The van der Waals surface area contributed by atoms with Crippen LogP contribution >= 0.6 is 0 Å². The van der Waals surface area contributed by atoms with E-state index < -0.39 is 11.2 Å². The molecule has 1 unspecified atom stereocenters. The Balaban J connectivity index is 2.80. The Labute approximate surface area is 128 Å². The first kappa shape index (κ1) is 17.7. The van der Waals surface area contributed by atoms with Crippen molar-refractivity contribution in [1.29, 1.82) is 0 Å². The Bertz CT molecular complexity index is 504. The summed E-state index contributed by atoms with van der Waals surface area (Å²) in [6.45, 7) is 11.2. The second-order valence-corrected chi connectivity index (χ2v) is 6.48. The molecule has 1 atom stereocenters. The van der Waals surface area contributed by atoms with E-state index >= 15 is 0 Å². The Kier molecular flexibility index (Phi) is 5.58. The third-order valence-corrected chi connectivity index (χ3v) is 3.27. The van der Waals surface area contributed by atoms with E-state index in [0.29, 0.717) is 0 Å². The lowest BCUT2D eigenvalue weighted by Crippen LogP contribution is -2.31. The van der Waals surface area contributed by atoms with Crippen molar-refractivity contribution in [3.8, 4) is 11.8 Å². The molecule has 0 amide bonds. The number of hydrogen-bond donors (Lipinski definition) is 1. The van der Waals surface area contributed by atoms with Crippen LogP contribution in [-0.2, 0) is 15.4 Å². The molecule has 0 radical (unpaired) electrons. The molecule has 0 heterocycles. The molecular formula is C18H26O3. The van der Waals surface area contributed by atoms with Gasteiger partial charge in [0.1, 0.15) is 5.60 Å². The molecule has 1 aromatic rings. The lowest BCUT2D eigenvalue weighted by molar-refractivity contribution is -0.388. The second kappa shape index (κ2) is 6.62. The molecule has 0 saturated carbocycles. The summed E-state index contributed by atoms with van der Waals surface area (Å²) in [7, 11) is 0. The second-order valence-electron chi connectivity index (χ2n) is 6.48. The molecule has 0 aliphatic heterocycles. The Morgan fingerprint density at radius 3 is 2.05 bits per heavy atom. The van der Waals surface area contributed by atoms with E-state index in [-0.39, 0.29) is 5.60 Å². The minimum absolute atomic E-state index is 0.360. The van der Waals surface area contributed by atoms with E-state index in [2.05, 4.69) is 11.8 Å². The zero-order valence-electron chi connectivity index (χ0n) is 13.9. The summed E-state index contributed by atoms with van der Waals surface area (Å²) in [6.07, 6.45) is 0.832. The number of benzene rings is 1. The van der Waals surface area contributed by atoms with Crippen molar-refractivity contribution >= 4 is 0 Å². The molecule has 0 spiro atoms. The highest BCUT2D eigenvalue weighted by Crippen LogP contribution is 2.22. The summed E-state index contributed by atoms with van der Waals surface area (Å²) in [6, 6.07) is 9.35. The van der Waals surface area contributed by atoms with Crippen LogP contribution in [-0.4, -0.2) is 16.3 Å². The van der Waals surface area contributed by atoms with Crippen molar-refractivity contribution < 1.29 is 14.9 Å². The number of rotatable bonds is 5. The molecule has 0 saturated heterocycles. The van der Waals surface area contributed by atoms with E-state index in [1.54, 1.807) is 6.92 Å².